The van der Waals surface area contributed by atoms with Gasteiger partial charge in [-0.3, -0.25) is 0 Å². The number of nitrogens with one attached hydrogen (secondary N) is 1. The zero-order valence-corrected chi connectivity index (χ0v) is 14.7. The predicted octanol–water partition coefficient (Wildman–Crippen LogP) is 2.90. The second-order valence-electron chi connectivity index (χ2n) is 4.50. The second-order valence-corrected chi connectivity index (χ2v) is 5.36. The van der Waals surface area contributed by atoms with Crippen molar-refractivity contribution in [1.29, 1.82) is 0 Å². The van der Waals surface area contributed by atoms with Gasteiger partial charge in [0.15, 0.2) is 5.96 Å². The normalized spacial score (nSPS) is 16.4. The van der Waals surface area contributed by atoms with E-state index in [4.69, 9.17) is 10.5 Å². The summed E-state index contributed by atoms with van der Waals surface area (Å²) in [6.07, 6.45) is 2.38. The molecule has 106 valence electrons. The Morgan fingerprint density at radius 3 is 2.84 bits per heavy atom. The molecule has 6 heteroatoms. The molecule has 0 aromatic heterocycles. The Balaban J connectivity index is 0.00000180. The molecule has 2 rings (SSSR count). The Hall–Kier alpha value is -0.500. The number of para-hydroxylation sites is 1. The van der Waals surface area contributed by atoms with Crippen LogP contribution in [0.5, 0.6) is 5.75 Å². The van der Waals surface area contributed by atoms with E-state index in [1.54, 1.807) is 0 Å². The molecule has 0 aliphatic heterocycles. The first kappa shape index (κ1) is 16.6. The maximum absolute atomic E-state index is 5.78. The number of ether oxygens (including phenoxy) is 1. The van der Waals surface area contributed by atoms with Crippen molar-refractivity contribution in [1.82, 2.24) is 5.32 Å². The Morgan fingerprint density at radius 1 is 1.53 bits per heavy atom. The molecule has 4 nitrogen and oxygen atoms in total. The van der Waals surface area contributed by atoms with Crippen LogP contribution < -0.4 is 15.8 Å². The minimum Gasteiger partial charge on any atom is -0.488 e. The molecular weight excluding hydrogens is 421 g/mol. The van der Waals surface area contributed by atoms with Crippen molar-refractivity contribution in [3.63, 3.8) is 0 Å². The standard InChI is InChI=1S/C13H18BrN3O.HI/c1-9(8-16-13(15)17-10-6-7-10)18-12-5-3-2-4-11(12)14;/h2-5,9-10H,6-8H2,1H3,(H3,15,16,17);1H. The molecule has 1 saturated carbocycles. The summed E-state index contributed by atoms with van der Waals surface area (Å²) in [6, 6.07) is 8.31. The molecule has 1 aromatic carbocycles. The van der Waals surface area contributed by atoms with Crippen molar-refractivity contribution in [2.24, 2.45) is 10.7 Å². The van der Waals surface area contributed by atoms with Gasteiger partial charge in [-0.05, 0) is 47.8 Å². The van der Waals surface area contributed by atoms with Crippen LogP contribution in [0.4, 0.5) is 0 Å². The van der Waals surface area contributed by atoms with E-state index < -0.39 is 0 Å². The number of nitrogens with two attached hydrogens (primary N) is 1. The Morgan fingerprint density at radius 2 is 2.21 bits per heavy atom. The molecule has 3 N–H and O–H groups in total. The molecule has 0 heterocycles. The zero-order chi connectivity index (χ0) is 13.0. The van der Waals surface area contributed by atoms with Crippen molar-refractivity contribution in [3.8, 4) is 5.75 Å². The van der Waals surface area contributed by atoms with Crippen molar-refractivity contribution in [3.05, 3.63) is 28.7 Å². The number of halogens is 2. The Kier molecular flexibility index (Phi) is 6.92. The van der Waals surface area contributed by atoms with E-state index in [1.807, 2.05) is 31.2 Å². The summed E-state index contributed by atoms with van der Waals surface area (Å²) in [4.78, 5) is 4.27. The molecule has 0 spiro atoms. The average molecular weight is 440 g/mol. The van der Waals surface area contributed by atoms with E-state index in [0.717, 1.165) is 10.2 Å². The lowest BCUT2D eigenvalue weighted by atomic mass is 10.3. The largest absolute Gasteiger partial charge is 0.488 e. The predicted molar refractivity (Wildman–Crippen MR) is 92.3 cm³/mol. The number of rotatable bonds is 5. The van der Waals surface area contributed by atoms with Gasteiger partial charge in [-0.2, -0.15) is 0 Å². The molecule has 1 aliphatic carbocycles. The fourth-order valence-electron chi connectivity index (χ4n) is 1.50. The van der Waals surface area contributed by atoms with Gasteiger partial charge in [0.25, 0.3) is 0 Å². The Labute approximate surface area is 139 Å². The SMILES string of the molecule is CC(CN=C(N)NC1CC1)Oc1ccccc1Br.I. The van der Waals surface area contributed by atoms with Crippen LogP contribution in [0.2, 0.25) is 0 Å². The molecule has 0 radical (unpaired) electrons. The van der Waals surface area contributed by atoms with Gasteiger partial charge in [-0.15, -0.1) is 24.0 Å². The number of guanidine groups is 1. The van der Waals surface area contributed by atoms with Crippen LogP contribution >= 0.6 is 39.9 Å². The maximum Gasteiger partial charge on any atom is 0.188 e. The summed E-state index contributed by atoms with van der Waals surface area (Å²) >= 11 is 3.45. The third-order valence-electron chi connectivity index (χ3n) is 2.61. The fraction of sp³-hybridized carbons (Fsp3) is 0.462. The third-order valence-corrected chi connectivity index (χ3v) is 3.27. The highest BCUT2D eigenvalue weighted by atomic mass is 127. The van der Waals surface area contributed by atoms with Gasteiger partial charge < -0.3 is 15.8 Å². The molecule has 0 saturated heterocycles. The summed E-state index contributed by atoms with van der Waals surface area (Å²) in [7, 11) is 0. The minimum atomic E-state index is -0.0109. The molecule has 1 atom stereocenters. The van der Waals surface area contributed by atoms with Gasteiger partial charge in [0.2, 0.25) is 0 Å². The molecule has 1 unspecified atom stereocenters. The van der Waals surface area contributed by atoms with Crippen molar-refractivity contribution in [2.45, 2.75) is 31.9 Å². The average Bonchev–Trinajstić information content (AvgIpc) is 3.13. The number of hydrogen-bond donors (Lipinski definition) is 2. The van der Waals surface area contributed by atoms with Gasteiger partial charge in [0.1, 0.15) is 11.9 Å². The van der Waals surface area contributed by atoms with E-state index in [2.05, 4.69) is 26.2 Å². The first-order valence-electron chi connectivity index (χ1n) is 6.13. The van der Waals surface area contributed by atoms with Gasteiger partial charge >= 0.3 is 0 Å². The van der Waals surface area contributed by atoms with Crippen LogP contribution in [0.1, 0.15) is 19.8 Å². The van der Waals surface area contributed by atoms with Crippen LogP contribution in [-0.2, 0) is 0 Å². The summed E-state index contributed by atoms with van der Waals surface area (Å²) in [6.45, 7) is 2.53. The minimum absolute atomic E-state index is 0. The van der Waals surface area contributed by atoms with Gasteiger partial charge in [0, 0.05) is 6.04 Å². The monoisotopic (exact) mass is 439 g/mol. The highest BCUT2D eigenvalue weighted by Gasteiger charge is 2.21. The molecule has 1 aromatic rings. The highest BCUT2D eigenvalue weighted by molar-refractivity contribution is 14.0. The second kappa shape index (κ2) is 7.94. The summed E-state index contributed by atoms with van der Waals surface area (Å²) in [5.74, 6) is 1.34. The van der Waals surface area contributed by atoms with E-state index >= 15 is 0 Å². The van der Waals surface area contributed by atoms with E-state index in [1.165, 1.54) is 12.8 Å². The van der Waals surface area contributed by atoms with Crippen molar-refractivity contribution < 1.29 is 4.74 Å². The van der Waals surface area contributed by atoms with E-state index in [-0.39, 0.29) is 30.1 Å². The number of benzene rings is 1. The maximum atomic E-state index is 5.78. The van der Waals surface area contributed by atoms with Crippen LogP contribution in [0, 0.1) is 0 Å². The first-order valence-corrected chi connectivity index (χ1v) is 6.92. The van der Waals surface area contributed by atoms with Crippen molar-refractivity contribution >= 4 is 45.9 Å². The number of aliphatic imine (C=N–C) groups is 1. The lowest BCUT2D eigenvalue weighted by molar-refractivity contribution is 0.229. The molecule has 0 bridgehead atoms. The van der Waals surface area contributed by atoms with Crippen molar-refractivity contribution in [2.75, 3.05) is 6.54 Å². The van der Waals surface area contributed by atoms with Gasteiger partial charge in [0.05, 0.1) is 11.0 Å². The molecule has 0 amide bonds. The van der Waals surface area contributed by atoms with E-state index in [0.29, 0.717) is 18.5 Å². The third kappa shape index (κ3) is 5.99. The lowest BCUT2D eigenvalue weighted by Crippen LogP contribution is -2.34. The molecule has 19 heavy (non-hydrogen) atoms. The van der Waals surface area contributed by atoms with Crippen LogP contribution in [-0.4, -0.2) is 24.7 Å². The molecule has 1 fully saturated rings. The first-order chi connectivity index (χ1) is 8.65. The fourth-order valence-corrected chi connectivity index (χ4v) is 1.88. The van der Waals surface area contributed by atoms with Crippen LogP contribution in [0.15, 0.2) is 33.7 Å². The lowest BCUT2D eigenvalue weighted by Gasteiger charge is -2.14. The molecular formula is C13H19BrIN3O. The van der Waals surface area contributed by atoms with E-state index in [9.17, 15) is 0 Å². The molecule has 1 aliphatic rings. The quantitative estimate of drug-likeness (QED) is 0.421. The van der Waals surface area contributed by atoms with Gasteiger partial charge in [-0.1, -0.05) is 12.1 Å². The summed E-state index contributed by atoms with van der Waals surface area (Å²) in [5.41, 5.74) is 5.76. The number of hydrogen-bond acceptors (Lipinski definition) is 2. The Bertz CT molecular complexity index is 438. The summed E-state index contributed by atoms with van der Waals surface area (Å²) < 4.78 is 6.73. The highest BCUT2D eigenvalue weighted by Crippen LogP contribution is 2.24. The van der Waals surface area contributed by atoms with Crippen LogP contribution in [0.3, 0.4) is 0 Å². The number of nitrogens with zero attached hydrogens (tertiary/aromatic N) is 1. The van der Waals surface area contributed by atoms with Crippen LogP contribution in [0.25, 0.3) is 0 Å². The summed E-state index contributed by atoms with van der Waals surface area (Å²) in [5, 5.41) is 3.15. The van der Waals surface area contributed by atoms with Gasteiger partial charge in [-0.25, -0.2) is 4.99 Å². The topological polar surface area (TPSA) is 59.6 Å². The zero-order valence-electron chi connectivity index (χ0n) is 10.8. The smallest absolute Gasteiger partial charge is 0.188 e.